The van der Waals surface area contributed by atoms with E-state index in [2.05, 4.69) is 15.3 Å². The van der Waals surface area contributed by atoms with Crippen LogP contribution in [0.25, 0.3) is 11.3 Å². The Labute approximate surface area is 216 Å². The number of ketones is 1. The summed E-state index contributed by atoms with van der Waals surface area (Å²) in [5.41, 5.74) is -2.06. The zero-order valence-electron chi connectivity index (χ0n) is 20.3. The van der Waals surface area contributed by atoms with Crippen molar-refractivity contribution in [2.45, 2.75) is 36.5 Å². The minimum absolute atomic E-state index is 0.0511. The predicted molar refractivity (Wildman–Crippen MR) is 131 cm³/mol. The highest BCUT2D eigenvalue weighted by molar-refractivity contribution is 7.90. The van der Waals surface area contributed by atoms with Crippen LogP contribution in [0.3, 0.4) is 0 Å². The summed E-state index contributed by atoms with van der Waals surface area (Å²) in [6, 6.07) is 9.80. The van der Waals surface area contributed by atoms with Crippen LogP contribution in [-0.2, 0) is 25.1 Å². The van der Waals surface area contributed by atoms with Crippen LogP contribution in [0.15, 0.2) is 53.6 Å². The summed E-state index contributed by atoms with van der Waals surface area (Å²) in [6.07, 6.45) is 1.59. The molecule has 0 radical (unpaired) electrons. The quantitative estimate of drug-likeness (QED) is 0.415. The van der Waals surface area contributed by atoms with Crippen molar-refractivity contribution in [3.05, 3.63) is 82.9 Å². The van der Waals surface area contributed by atoms with Gasteiger partial charge in [-0.05, 0) is 32.0 Å². The molecule has 0 bridgehead atoms. The third-order valence-electron chi connectivity index (χ3n) is 5.69. The zero-order valence-corrected chi connectivity index (χ0v) is 21.1. The Morgan fingerprint density at radius 1 is 1.08 bits per heavy atom. The second-order valence-corrected chi connectivity index (χ2v) is 10.8. The average Bonchev–Trinajstić information content (AvgIpc) is 3.09. The summed E-state index contributed by atoms with van der Waals surface area (Å²) < 4.78 is 75.7. The van der Waals surface area contributed by atoms with Crippen molar-refractivity contribution in [2.24, 2.45) is 0 Å². The van der Waals surface area contributed by atoms with E-state index >= 15 is 4.39 Å². The van der Waals surface area contributed by atoms with Gasteiger partial charge in [0.1, 0.15) is 28.0 Å². The molecule has 0 spiro atoms. The number of carbonyl (C=O) groups is 1. The van der Waals surface area contributed by atoms with Gasteiger partial charge in [-0.1, -0.05) is 24.3 Å². The number of sulfone groups is 1. The first-order valence-corrected chi connectivity index (χ1v) is 13.0. The number of nitriles is 1. The molecule has 0 saturated carbocycles. The van der Waals surface area contributed by atoms with Crippen molar-refractivity contribution in [3.8, 4) is 6.07 Å². The number of ether oxygens (including phenoxy) is 1. The van der Waals surface area contributed by atoms with Crippen LogP contribution in [0.1, 0.15) is 37.1 Å². The second kappa shape index (κ2) is 10.3. The maximum Gasteiger partial charge on any atom is 0.223 e. The number of anilines is 1. The zero-order chi connectivity index (χ0) is 27.7. The van der Waals surface area contributed by atoms with Crippen LogP contribution in [0, 0.1) is 28.8 Å². The topological polar surface area (TPSA) is 122 Å². The van der Waals surface area contributed by atoms with E-state index in [4.69, 9.17) is 10.00 Å². The van der Waals surface area contributed by atoms with E-state index in [1.165, 1.54) is 38.2 Å². The van der Waals surface area contributed by atoms with Crippen LogP contribution in [0.5, 0.6) is 0 Å². The molecule has 196 valence electrons. The van der Waals surface area contributed by atoms with E-state index in [9.17, 15) is 22.0 Å². The van der Waals surface area contributed by atoms with Crippen molar-refractivity contribution in [1.82, 2.24) is 9.97 Å². The number of aromatic nitrogens is 2. The molecule has 4 rings (SSSR count). The number of halogens is 3. The summed E-state index contributed by atoms with van der Waals surface area (Å²) >= 11 is 0. The van der Waals surface area contributed by atoms with Gasteiger partial charge in [-0.25, -0.2) is 31.6 Å². The highest BCUT2D eigenvalue weighted by atomic mass is 32.2. The van der Waals surface area contributed by atoms with Crippen LogP contribution in [-0.4, -0.2) is 36.3 Å². The van der Waals surface area contributed by atoms with Crippen molar-refractivity contribution in [2.75, 3.05) is 11.9 Å². The Morgan fingerprint density at radius 3 is 2.45 bits per heavy atom. The maximum absolute atomic E-state index is 15.8. The lowest BCUT2D eigenvalue weighted by molar-refractivity contribution is -0.125. The van der Waals surface area contributed by atoms with Gasteiger partial charge < -0.3 is 10.1 Å². The smallest absolute Gasteiger partial charge is 0.223 e. The number of hydrogen-bond acceptors (Lipinski definition) is 8. The number of rotatable bonds is 8. The lowest BCUT2D eigenvalue weighted by Gasteiger charge is -2.17. The Bertz CT molecular complexity index is 1590. The first-order chi connectivity index (χ1) is 18.0. The Kier molecular flexibility index (Phi) is 7.24. The van der Waals surface area contributed by atoms with Crippen LogP contribution in [0.4, 0.5) is 19.1 Å². The van der Waals surface area contributed by atoms with E-state index in [0.29, 0.717) is 0 Å². The number of hydrogen-bond donors (Lipinski definition) is 1. The summed E-state index contributed by atoms with van der Waals surface area (Å²) in [4.78, 5) is 20.5. The Balaban J connectivity index is 1.80. The standard InChI is InChI=1S/C26H21F3N4O4S/c1-26(2)24(34)20(22(37-26)19-10-13-32-25(33-19)31-12-5-11-30)16-7-3-6-15(21(16)29)14-38(35,36)23-17(27)8-4-9-18(23)28/h3-4,6-10,13H,5,12,14H2,1-2H3,(H,31,32,33). The molecule has 0 fully saturated rings. The first kappa shape index (κ1) is 26.8. The molecule has 8 nitrogen and oxygen atoms in total. The van der Waals surface area contributed by atoms with Gasteiger partial charge in [-0.15, -0.1) is 0 Å². The monoisotopic (exact) mass is 542 g/mol. The van der Waals surface area contributed by atoms with Gasteiger partial charge in [0.2, 0.25) is 11.7 Å². The minimum Gasteiger partial charge on any atom is -0.477 e. The number of nitrogens with one attached hydrogen (secondary N) is 1. The van der Waals surface area contributed by atoms with Gasteiger partial charge in [-0.2, -0.15) is 5.26 Å². The average molecular weight is 543 g/mol. The molecular weight excluding hydrogens is 521 g/mol. The Hall–Kier alpha value is -4.24. The molecule has 0 atom stereocenters. The SMILES string of the molecule is CC1(C)OC(c2ccnc(NCCC#N)n2)=C(c2cccc(CS(=O)(=O)c3c(F)cccc3F)c2F)C1=O. The lowest BCUT2D eigenvalue weighted by Crippen LogP contribution is -2.29. The van der Waals surface area contributed by atoms with E-state index < -0.39 is 54.9 Å². The normalized spacial score (nSPS) is 14.8. The molecule has 0 unspecified atom stereocenters. The van der Waals surface area contributed by atoms with Crippen molar-refractivity contribution < 1.29 is 31.1 Å². The molecule has 1 aromatic heterocycles. The summed E-state index contributed by atoms with van der Waals surface area (Å²) in [5, 5.41) is 11.6. The van der Waals surface area contributed by atoms with Crippen LogP contribution >= 0.6 is 0 Å². The molecule has 2 aromatic carbocycles. The van der Waals surface area contributed by atoms with Gasteiger partial charge >= 0.3 is 0 Å². The molecule has 0 aliphatic carbocycles. The van der Waals surface area contributed by atoms with E-state index in [-0.39, 0.29) is 41.5 Å². The lowest BCUT2D eigenvalue weighted by atomic mass is 9.92. The highest BCUT2D eigenvalue weighted by Crippen LogP contribution is 2.42. The van der Waals surface area contributed by atoms with E-state index in [1.807, 2.05) is 6.07 Å². The van der Waals surface area contributed by atoms with Gasteiger partial charge in [0.15, 0.2) is 21.2 Å². The van der Waals surface area contributed by atoms with E-state index in [0.717, 1.165) is 24.3 Å². The fourth-order valence-electron chi connectivity index (χ4n) is 3.92. The van der Waals surface area contributed by atoms with Crippen molar-refractivity contribution in [3.63, 3.8) is 0 Å². The second-order valence-electron chi connectivity index (χ2n) is 8.83. The van der Waals surface area contributed by atoms with Crippen molar-refractivity contribution >= 4 is 32.9 Å². The highest BCUT2D eigenvalue weighted by Gasteiger charge is 2.44. The molecule has 2 heterocycles. The maximum atomic E-state index is 15.8. The van der Waals surface area contributed by atoms with E-state index in [1.54, 1.807) is 0 Å². The third kappa shape index (κ3) is 5.10. The molecule has 1 N–H and O–H groups in total. The summed E-state index contributed by atoms with van der Waals surface area (Å²) in [5.74, 6) is -5.18. The molecule has 0 saturated heterocycles. The number of carbonyl (C=O) groups excluding carboxylic acids is 1. The molecule has 3 aromatic rings. The van der Waals surface area contributed by atoms with Gasteiger partial charge in [-0.3, -0.25) is 4.79 Å². The fourth-order valence-corrected chi connectivity index (χ4v) is 5.43. The molecular formula is C26H21F3N4O4S. The number of Topliss-reactive ketones (excluding diaryl/α,β-unsaturated/α-hetero) is 1. The molecule has 12 heteroatoms. The molecule has 1 aliphatic rings. The van der Waals surface area contributed by atoms with Crippen LogP contribution < -0.4 is 5.32 Å². The fraction of sp³-hybridized carbons (Fsp3) is 0.231. The number of benzene rings is 2. The first-order valence-electron chi connectivity index (χ1n) is 11.3. The molecule has 0 amide bonds. The van der Waals surface area contributed by atoms with Crippen LogP contribution in [0.2, 0.25) is 0 Å². The predicted octanol–water partition coefficient (Wildman–Crippen LogP) is 4.44. The van der Waals surface area contributed by atoms with Crippen molar-refractivity contribution in [1.29, 1.82) is 5.26 Å². The minimum atomic E-state index is -4.63. The molecule has 38 heavy (non-hydrogen) atoms. The van der Waals surface area contributed by atoms with Gasteiger partial charge in [0, 0.05) is 23.9 Å². The Morgan fingerprint density at radius 2 is 1.76 bits per heavy atom. The number of nitrogens with zero attached hydrogens (tertiary/aromatic N) is 3. The third-order valence-corrected chi connectivity index (χ3v) is 7.39. The largest absolute Gasteiger partial charge is 0.477 e. The van der Waals surface area contributed by atoms with Gasteiger partial charge in [0.25, 0.3) is 0 Å². The van der Waals surface area contributed by atoms with Gasteiger partial charge in [0.05, 0.1) is 23.8 Å². The molecule has 1 aliphatic heterocycles. The summed E-state index contributed by atoms with van der Waals surface area (Å²) in [6.45, 7) is 3.25. The summed E-state index contributed by atoms with van der Waals surface area (Å²) in [7, 11) is -4.63.